The molecule has 0 unspecified atom stereocenters. The van der Waals surface area contributed by atoms with Gasteiger partial charge in [-0.05, 0) is 43.7 Å². The molecule has 0 saturated carbocycles. The van der Waals surface area contributed by atoms with E-state index in [9.17, 15) is 18.4 Å². The van der Waals surface area contributed by atoms with Crippen molar-refractivity contribution >= 4 is 29.1 Å². The van der Waals surface area contributed by atoms with Crippen molar-refractivity contribution in [3.8, 4) is 6.07 Å². The van der Waals surface area contributed by atoms with Crippen molar-refractivity contribution in [1.82, 2.24) is 15.0 Å². The maximum absolute atomic E-state index is 13.2. The summed E-state index contributed by atoms with van der Waals surface area (Å²) in [5.41, 5.74) is 2.43. The zero-order valence-electron chi connectivity index (χ0n) is 18.9. The van der Waals surface area contributed by atoms with Gasteiger partial charge in [0.1, 0.15) is 29.4 Å². The van der Waals surface area contributed by atoms with Gasteiger partial charge in [-0.25, -0.2) is 9.97 Å². The molecule has 0 fully saturated rings. The monoisotopic (exact) mass is 475 g/mol. The number of nitriles is 1. The third-order valence-corrected chi connectivity index (χ3v) is 5.91. The lowest BCUT2D eigenvalue weighted by molar-refractivity contribution is -0.137. The number of alkyl halides is 3. The van der Waals surface area contributed by atoms with Crippen LogP contribution in [0.25, 0.3) is 11.6 Å². The number of nitrogens with zero attached hydrogens (tertiary/aromatic N) is 6. The van der Waals surface area contributed by atoms with Crippen LogP contribution in [0.3, 0.4) is 0 Å². The number of hydrogen-bond donors (Lipinski definition) is 1. The number of amidine groups is 1. The lowest BCUT2D eigenvalue weighted by Crippen LogP contribution is -2.33. The van der Waals surface area contributed by atoms with Crippen molar-refractivity contribution in [1.29, 1.82) is 5.26 Å². The van der Waals surface area contributed by atoms with Crippen molar-refractivity contribution in [2.24, 2.45) is 4.99 Å². The van der Waals surface area contributed by atoms with E-state index in [1.165, 1.54) is 12.3 Å². The fourth-order valence-corrected chi connectivity index (χ4v) is 4.24. The molecular formula is C25H20F3N7. The first-order valence-corrected chi connectivity index (χ1v) is 11.0. The van der Waals surface area contributed by atoms with Gasteiger partial charge in [0.05, 0.1) is 23.2 Å². The smallest absolute Gasteiger partial charge is 0.363 e. The minimum absolute atomic E-state index is 0.427. The minimum Gasteiger partial charge on any atom is -0.363 e. The minimum atomic E-state index is -4.42. The molecule has 2 aromatic heterocycles. The molecular weight excluding hydrogens is 455 g/mol. The molecule has 1 atom stereocenters. The lowest BCUT2D eigenvalue weighted by Gasteiger charge is -2.29. The van der Waals surface area contributed by atoms with Crippen LogP contribution in [0.15, 0.2) is 47.7 Å². The second kappa shape index (κ2) is 8.51. The molecule has 176 valence electrons. The average molecular weight is 475 g/mol. The molecule has 0 radical (unpaired) electrons. The van der Waals surface area contributed by atoms with Crippen molar-refractivity contribution in [2.75, 3.05) is 23.3 Å². The van der Waals surface area contributed by atoms with Gasteiger partial charge in [0.2, 0.25) is 0 Å². The van der Waals surface area contributed by atoms with Crippen LogP contribution < -0.4 is 10.2 Å². The van der Waals surface area contributed by atoms with Gasteiger partial charge in [-0.2, -0.15) is 18.4 Å². The topological polar surface area (TPSA) is 90.1 Å². The Morgan fingerprint density at radius 2 is 2.00 bits per heavy atom. The number of aliphatic imine (C=N–C) groups is 1. The molecule has 3 aromatic rings. The summed E-state index contributed by atoms with van der Waals surface area (Å²) in [6.45, 7) is 4.77. The summed E-state index contributed by atoms with van der Waals surface area (Å²) in [6, 6.07) is 8.65. The largest absolute Gasteiger partial charge is 0.416 e. The molecule has 0 amide bonds. The second-order valence-electron chi connectivity index (χ2n) is 8.34. The van der Waals surface area contributed by atoms with Crippen molar-refractivity contribution in [3.63, 3.8) is 0 Å². The maximum atomic E-state index is 13.2. The van der Waals surface area contributed by atoms with Crippen molar-refractivity contribution in [2.45, 2.75) is 26.1 Å². The number of aryl methyl sites for hydroxylation is 1. The van der Waals surface area contributed by atoms with Crippen molar-refractivity contribution < 1.29 is 13.2 Å². The third kappa shape index (κ3) is 4.21. The highest BCUT2D eigenvalue weighted by atomic mass is 19.4. The first kappa shape index (κ1) is 22.5. The van der Waals surface area contributed by atoms with Crippen LogP contribution in [0.1, 0.15) is 46.6 Å². The fraction of sp³-hybridized carbons (Fsp3) is 0.240. The number of pyridine rings is 1. The molecule has 7 nitrogen and oxygen atoms in total. The highest BCUT2D eigenvalue weighted by Crippen LogP contribution is 2.39. The highest BCUT2D eigenvalue weighted by molar-refractivity contribution is 6.36. The van der Waals surface area contributed by atoms with E-state index in [0.29, 0.717) is 47.2 Å². The summed E-state index contributed by atoms with van der Waals surface area (Å²) >= 11 is 0. The van der Waals surface area contributed by atoms with Gasteiger partial charge in [0.15, 0.2) is 0 Å². The molecule has 1 N–H and O–H groups in total. The quantitative estimate of drug-likeness (QED) is 0.570. The highest BCUT2D eigenvalue weighted by Gasteiger charge is 2.33. The number of rotatable bonds is 4. The Labute approximate surface area is 199 Å². The number of halogens is 3. The predicted molar refractivity (Wildman–Crippen MR) is 127 cm³/mol. The summed E-state index contributed by atoms with van der Waals surface area (Å²) in [5.74, 6) is 2.45. The van der Waals surface area contributed by atoms with E-state index in [1.54, 1.807) is 32.2 Å². The van der Waals surface area contributed by atoms with Crippen LogP contribution in [-0.2, 0) is 6.18 Å². The van der Waals surface area contributed by atoms with Crippen molar-refractivity contribution in [3.05, 3.63) is 76.4 Å². The molecule has 0 bridgehead atoms. The molecule has 0 saturated heterocycles. The van der Waals surface area contributed by atoms with E-state index in [-0.39, 0.29) is 0 Å². The van der Waals surface area contributed by atoms with E-state index in [0.717, 1.165) is 29.1 Å². The lowest BCUT2D eigenvalue weighted by atomic mass is 9.98. The van der Waals surface area contributed by atoms with Gasteiger partial charge in [0.25, 0.3) is 0 Å². The summed E-state index contributed by atoms with van der Waals surface area (Å²) in [6.07, 6.45) is 0.639. The third-order valence-electron chi connectivity index (χ3n) is 5.91. The Morgan fingerprint density at radius 1 is 1.17 bits per heavy atom. The standard InChI is InChI=1S/C25H20F3N7/c1-14(17-4-3-5-19(9-17)25(26,27)28)32-22-21-10-20(18-8-16(11-29)12-30-13-18)23-31-6-7-35(23)24(21)34-15(2)33-22/h3-5,8-10,12-14H,6-7H2,1-2H3,(H,32,33,34)/t14-/m1/s1. The predicted octanol–water partition coefficient (Wildman–Crippen LogP) is 5.02. The fourth-order valence-electron chi connectivity index (χ4n) is 4.24. The molecule has 0 aliphatic carbocycles. The Balaban J connectivity index is 1.58. The molecule has 0 spiro atoms. The number of benzene rings is 1. The Morgan fingerprint density at radius 3 is 2.77 bits per heavy atom. The van der Waals surface area contributed by atoms with Gasteiger partial charge in [-0.1, -0.05) is 12.1 Å². The Kier molecular flexibility index (Phi) is 5.47. The van der Waals surface area contributed by atoms with Crippen LogP contribution in [0.2, 0.25) is 0 Å². The van der Waals surface area contributed by atoms with E-state index < -0.39 is 17.8 Å². The molecule has 4 heterocycles. The zero-order chi connectivity index (χ0) is 24.7. The SMILES string of the molecule is Cc1nc(N[C@H](C)c2cccc(C(F)(F)F)c2)c2c(n1)N1CCN=C1C(c1cncc(C#N)c1)=C2. The molecule has 10 heteroatoms. The number of anilines is 2. The van der Waals surface area contributed by atoms with Crippen LogP contribution in [0, 0.1) is 18.3 Å². The Bertz CT molecular complexity index is 1420. The first-order valence-electron chi connectivity index (χ1n) is 11.0. The Hall–Kier alpha value is -4.26. The van der Waals surface area contributed by atoms with Crippen LogP contribution in [-0.4, -0.2) is 33.9 Å². The van der Waals surface area contributed by atoms with Gasteiger partial charge in [-0.15, -0.1) is 0 Å². The zero-order valence-corrected chi connectivity index (χ0v) is 18.9. The molecule has 2 aliphatic heterocycles. The normalized spacial score (nSPS) is 15.5. The maximum Gasteiger partial charge on any atom is 0.416 e. The number of nitrogens with one attached hydrogen (secondary N) is 1. The summed E-state index contributed by atoms with van der Waals surface area (Å²) < 4.78 is 39.7. The van der Waals surface area contributed by atoms with Crippen LogP contribution in [0.4, 0.5) is 24.8 Å². The van der Waals surface area contributed by atoms with Crippen LogP contribution >= 0.6 is 0 Å². The molecule has 5 rings (SSSR count). The van der Waals surface area contributed by atoms with Gasteiger partial charge in [0, 0.05) is 36.1 Å². The number of hydrogen-bond acceptors (Lipinski definition) is 7. The van der Waals surface area contributed by atoms with Crippen LogP contribution in [0.5, 0.6) is 0 Å². The van der Waals surface area contributed by atoms with Gasteiger partial charge < -0.3 is 10.2 Å². The van der Waals surface area contributed by atoms with E-state index in [2.05, 4.69) is 31.3 Å². The molecule has 2 aliphatic rings. The first-order chi connectivity index (χ1) is 16.7. The summed E-state index contributed by atoms with van der Waals surface area (Å²) in [4.78, 5) is 20.0. The summed E-state index contributed by atoms with van der Waals surface area (Å²) in [5, 5.41) is 12.6. The average Bonchev–Trinajstić information content (AvgIpc) is 3.33. The summed E-state index contributed by atoms with van der Waals surface area (Å²) in [7, 11) is 0. The van der Waals surface area contributed by atoms with E-state index in [4.69, 9.17) is 0 Å². The van der Waals surface area contributed by atoms with E-state index >= 15 is 0 Å². The second-order valence-corrected chi connectivity index (χ2v) is 8.34. The molecule has 35 heavy (non-hydrogen) atoms. The van der Waals surface area contributed by atoms with E-state index in [1.807, 2.05) is 11.0 Å². The molecule has 1 aromatic carbocycles. The van der Waals surface area contributed by atoms with Gasteiger partial charge in [-0.3, -0.25) is 9.98 Å². The number of fused-ring (bicyclic) bond motifs is 3. The van der Waals surface area contributed by atoms with Gasteiger partial charge >= 0.3 is 6.18 Å². The number of aromatic nitrogens is 3.